The van der Waals surface area contributed by atoms with Crippen LogP contribution in [0.2, 0.25) is 0 Å². The Morgan fingerprint density at radius 2 is 1.90 bits per heavy atom. The zero-order chi connectivity index (χ0) is 15.2. The third kappa shape index (κ3) is 3.75. The van der Waals surface area contributed by atoms with Gasteiger partial charge in [0.05, 0.1) is 17.4 Å². The number of carbonyl (C=O) groups is 1. The molecule has 21 heavy (non-hydrogen) atoms. The highest BCUT2D eigenvalue weighted by atomic mass is 19.1. The molecule has 0 unspecified atom stereocenters. The summed E-state index contributed by atoms with van der Waals surface area (Å²) in [6, 6.07) is 6.17. The van der Waals surface area contributed by atoms with E-state index in [1.54, 1.807) is 12.3 Å². The van der Waals surface area contributed by atoms with Gasteiger partial charge in [0.25, 0.3) is 5.91 Å². The molecule has 2 aromatic heterocycles. The summed E-state index contributed by atoms with van der Waals surface area (Å²) in [5.41, 5.74) is 0.879. The molecule has 1 N–H and O–H groups in total. The van der Waals surface area contributed by atoms with Gasteiger partial charge in [0.2, 0.25) is 5.95 Å². The molecular formula is C15H17FN4O. The van der Waals surface area contributed by atoms with E-state index < -0.39 is 5.95 Å². The molecule has 0 saturated carbocycles. The number of aromatic nitrogens is 2. The summed E-state index contributed by atoms with van der Waals surface area (Å²) in [6.07, 6.45) is 2.80. The highest BCUT2D eigenvalue weighted by Crippen LogP contribution is 2.14. The van der Waals surface area contributed by atoms with Crippen LogP contribution in [0.15, 0.2) is 36.7 Å². The average Bonchev–Trinajstić information content (AvgIpc) is 2.51. The second kappa shape index (κ2) is 6.78. The smallest absolute Gasteiger partial charge is 0.257 e. The van der Waals surface area contributed by atoms with Gasteiger partial charge in [0, 0.05) is 19.3 Å². The lowest BCUT2D eigenvalue weighted by atomic mass is 10.2. The van der Waals surface area contributed by atoms with E-state index in [9.17, 15) is 9.18 Å². The summed E-state index contributed by atoms with van der Waals surface area (Å²) in [7, 11) is 0. The van der Waals surface area contributed by atoms with E-state index in [0.717, 1.165) is 25.0 Å². The Morgan fingerprint density at radius 1 is 1.14 bits per heavy atom. The minimum atomic E-state index is -0.614. The van der Waals surface area contributed by atoms with Crippen molar-refractivity contribution in [3.05, 3.63) is 48.2 Å². The van der Waals surface area contributed by atoms with Crippen LogP contribution in [0.25, 0.3) is 0 Å². The van der Waals surface area contributed by atoms with E-state index in [2.05, 4.69) is 34.0 Å². The quantitative estimate of drug-likeness (QED) is 0.859. The topological polar surface area (TPSA) is 58.1 Å². The van der Waals surface area contributed by atoms with E-state index in [-0.39, 0.29) is 5.91 Å². The van der Waals surface area contributed by atoms with Gasteiger partial charge >= 0.3 is 0 Å². The van der Waals surface area contributed by atoms with E-state index >= 15 is 0 Å². The Bertz CT molecular complexity index is 594. The molecular weight excluding hydrogens is 271 g/mol. The number of nitrogens with zero attached hydrogens (tertiary/aromatic N) is 3. The molecule has 0 fully saturated rings. The van der Waals surface area contributed by atoms with E-state index in [4.69, 9.17) is 0 Å². The molecule has 0 bridgehead atoms. The Morgan fingerprint density at radius 3 is 2.43 bits per heavy atom. The molecule has 0 aliphatic rings. The number of hydrogen-bond donors (Lipinski definition) is 1. The van der Waals surface area contributed by atoms with Crippen LogP contribution in [-0.2, 0) is 0 Å². The number of halogens is 1. The molecule has 0 aliphatic carbocycles. The lowest BCUT2D eigenvalue weighted by Gasteiger charge is -2.19. The van der Waals surface area contributed by atoms with Gasteiger partial charge in [-0.25, -0.2) is 9.97 Å². The number of nitrogens with one attached hydrogen (secondary N) is 1. The summed E-state index contributed by atoms with van der Waals surface area (Å²) < 4.78 is 12.7. The third-order valence-electron chi connectivity index (χ3n) is 3.08. The van der Waals surface area contributed by atoms with Gasteiger partial charge in [-0.05, 0) is 38.1 Å². The van der Waals surface area contributed by atoms with Gasteiger partial charge in [-0.2, -0.15) is 4.39 Å². The summed E-state index contributed by atoms with van der Waals surface area (Å²) in [5, 5.41) is 2.70. The SMILES string of the molecule is CCN(CC)c1ccc(NC(=O)c2ccc(F)nc2)cn1. The maximum Gasteiger partial charge on any atom is 0.257 e. The third-order valence-corrected chi connectivity index (χ3v) is 3.08. The normalized spacial score (nSPS) is 10.2. The van der Waals surface area contributed by atoms with Crippen LogP contribution in [-0.4, -0.2) is 29.0 Å². The van der Waals surface area contributed by atoms with E-state index in [0.29, 0.717) is 11.3 Å². The number of amides is 1. The van der Waals surface area contributed by atoms with Crippen LogP contribution in [0.1, 0.15) is 24.2 Å². The highest BCUT2D eigenvalue weighted by Gasteiger charge is 2.08. The molecule has 1 amide bonds. The highest BCUT2D eigenvalue weighted by molar-refractivity contribution is 6.03. The van der Waals surface area contributed by atoms with Crippen molar-refractivity contribution in [1.82, 2.24) is 9.97 Å². The molecule has 0 radical (unpaired) electrons. The van der Waals surface area contributed by atoms with Crippen molar-refractivity contribution in [3.63, 3.8) is 0 Å². The Labute approximate surface area is 122 Å². The van der Waals surface area contributed by atoms with Gasteiger partial charge in [-0.1, -0.05) is 0 Å². The van der Waals surface area contributed by atoms with Crippen molar-refractivity contribution in [2.45, 2.75) is 13.8 Å². The van der Waals surface area contributed by atoms with Gasteiger partial charge in [-0.3, -0.25) is 4.79 Å². The summed E-state index contributed by atoms with van der Waals surface area (Å²) in [5.74, 6) is -0.0990. The fraction of sp³-hybridized carbons (Fsp3) is 0.267. The van der Waals surface area contributed by atoms with Crippen molar-refractivity contribution in [3.8, 4) is 0 Å². The largest absolute Gasteiger partial charge is 0.357 e. The van der Waals surface area contributed by atoms with Crippen LogP contribution in [0.3, 0.4) is 0 Å². The molecule has 2 aromatic rings. The lowest BCUT2D eigenvalue weighted by molar-refractivity contribution is 0.102. The minimum Gasteiger partial charge on any atom is -0.357 e. The molecule has 2 rings (SSSR count). The fourth-order valence-corrected chi connectivity index (χ4v) is 1.91. The summed E-state index contributed by atoms with van der Waals surface area (Å²) in [6.45, 7) is 5.86. The lowest BCUT2D eigenvalue weighted by Crippen LogP contribution is -2.22. The first-order valence-electron chi connectivity index (χ1n) is 6.78. The predicted molar refractivity (Wildman–Crippen MR) is 79.9 cm³/mol. The molecule has 2 heterocycles. The van der Waals surface area contributed by atoms with Crippen molar-refractivity contribution >= 4 is 17.4 Å². The van der Waals surface area contributed by atoms with Crippen LogP contribution in [0.4, 0.5) is 15.9 Å². The van der Waals surface area contributed by atoms with Crippen LogP contribution < -0.4 is 10.2 Å². The first-order chi connectivity index (χ1) is 10.1. The minimum absolute atomic E-state index is 0.296. The van der Waals surface area contributed by atoms with Crippen molar-refractivity contribution < 1.29 is 9.18 Å². The van der Waals surface area contributed by atoms with Gasteiger partial charge < -0.3 is 10.2 Å². The molecule has 0 aliphatic heterocycles. The first kappa shape index (κ1) is 14.9. The number of rotatable bonds is 5. The van der Waals surface area contributed by atoms with Crippen LogP contribution >= 0.6 is 0 Å². The number of carbonyl (C=O) groups excluding carboxylic acids is 1. The van der Waals surface area contributed by atoms with Gasteiger partial charge in [0.15, 0.2) is 0 Å². The molecule has 0 spiro atoms. The maximum absolute atomic E-state index is 12.7. The average molecular weight is 288 g/mol. The fourth-order valence-electron chi connectivity index (χ4n) is 1.91. The van der Waals surface area contributed by atoms with Gasteiger partial charge in [0.1, 0.15) is 5.82 Å². The molecule has 6 heteroatoms. The van der Waals surface area contributed by atoms with E-state index in [1.165, 1.54) is 12.3 Å². The van der Waals surface area contributed by atoms with Crippen molar-refractivity contribution in [2.24, 2.45) is 0 Å². The Kier molecular flexibility index (Phi) is 4.81. The Hall–Kier alpha value is -2.50. The van der Waals surface area contributed by atoms with Crippen LogP contribution in [0, 0.1) is 5.95 Å². The first-order valence-corrected chi connectivity index (χ1v) is 6.78. The maximum atomic E-state index is 12.7. The zero-order valence-electron chi connectivity index (χ0n) is 12.0. The molecule has 0 saturated heterocycles. The molecule has 0 atom stereocenters. The molecule has 0 aromatic carbocycles. The number of hydrogen-bond acceptors (Lipinski definition) is 4. The van der Waals surface area contributed by atoms with Crippen LogP contribution in [0.5, 0.6) is 0 Å². The summed E-state index contributed by atoms with van der Waals surface area (Å²) in [4.78, 5) is 21.8. The monoisotopic (exact) mass is 288 g/mol. The van der Waals surface area contributed by atoms with Crippen molar-refractivity contribution in [2.75, 3.05) is 23.3 Å². The zero-order valence-corrected chi connectivity index (χ0v) is 12.0. The van der Waals surface area contributed by atoms with Gasteiger partial charge in [-0.15, -0.1) is 0 Å². The second-order valence-electron chi connectivity index (χ2n) is 4.40. The number of anilines is 2. The van der Waals surface area contributed by atoms with E-state index in [1.807, 2.05) is 6.07 Å². The molecule has 110 valence electrons. The standard InChI is InChI=1S/C15H17FN4O/c1-3-20(4-2)14-8-6-12(10-18-14)19-15(21)11-5-7-13(16)17-9-11/h5-10H,3-4H2,1-2H3,(H,19,21). The number of pyridine rings is 2. The molecule has 5 nitrogen and oxygen atoms in total. The van der Waals surface area contributed by atoms with Crippen molar-refractivity contribution in [1.29, 1.82) is 0 Å². The predicted octanol–water partition coefficient (Wildman–Crippen LogP) is 2.71. The summed E-state index contributed by atoms with van der Waals surface area (Å²) >= 11 is 0. The Balaban J connectivity index is 2.06. The second-order valence-corrected chi connectivity index (χ2v) is 4.40.